The number of carbonyl (C=O) groups excluding carboxylic acids is 1. The van der Waals surface area contributed by atoms with Crippen LogP contribution in [0.25, 0.3) is 0 Å². The van der Waals surface area contributed by atoms with Crippen molar-refractivity contribution < 1.29 is 44.2 Å². The Morgan fingerprint density at radius 2 is 1.33 bits per heavy atom. The third-order valence-corrected chi connectivity index (χ3v) is 2.86. The Hall–Kier alpha value is 0.430. The molecule has 0 aliphatic rings. The average molecular weight is 266 g/mol. The SMILES string of the molecule is CCCCCCCCCCCCOCC(=O)[O-].[Na+]. The van der Waals surface area contributed by atoms with E-state index in [1.165, 1.54) is 51.4 Å². The normalized spacial score (nSPS) is 10.1. The molecule has 0 spiro atoms. The number of unbranched alkanes of at least 4 members (excludes halogenated alkanes) is 9. The molecule has 0 aromatic rings. The minimum atomic E-state index is -1.13. The number of hydrogen-bond donors (Lipinski definition) is 0. The molecule has 4 heteroatoms. The Bertz CT molecular complexity index is 174. The summed E-state index contributed by atoms with van der Waals surface area (Å²) in [4.78, 5) is 10.0. The summed E-state index contributed by atoms with van der Waals surface area (Å²) in [5.41, 5.74) is 0. The van der Waals surface area contributed by atoms with Crippen LogP contribution in [0, 0.1) is 0 Å². The van der Waals surface area contributed by atoms with Crippen LogP contribution < -0.4 is 34.7 Å². The fourth-order valence-electron chi connectivity index (χ4n) is 1.85. The van der Waals surface area contributed by atoms with Crippen LogP contribution in [0.15, 0.2) is 0 Å². The van der Waals surface area contributed by atoms with E-state index < -0.39 is 5.97 Å². The molecule has 0 heterocycles. The number of ether oxygens (including phenoxy) is 1. The summed E-state index contributed by atoms with van der Waals surface area (Å²) in [7, 11) is 0. The van der Waals surface area contributed by atoms with E-state index in [4.69, 9.17) is 4.74 Å². The first kappa shape index (κ1) is 20.7. The number of hydrogen-bond acceptors (Lipinski definition) is 3. The first-order valence-corrected chi connectivity index (χ1v) is 7.05. The largest absolute Gasteiger partial charge is 1.00 e. The minimum Gasteiger partial charge on any atom is -0.548 e. The van der Waals surface area contributed by atoms with E-state index in [-0.39, 0.29) is 36.2 Å². The number of aliphatic carboxylic acids is 1. The molecule has 0 amide bonds. The Balaban J connectivity index is 0. The van der Waals surface area contributed by atoms with Crippen molar-refractivity contribution in [3.05, 3.63) is 0 Å². The van der Waals surface area contributed by atoms with Crippen LogP contribution in [0.2, 0.25) is 0 Å². The number of rotatable bonds is 13. The second-order valence-corrected chi connectivity index (χ2v) is 4.61. The maximum absolute atomic E-state index is 10.0. The summed E-state index contributed by atoms with van der Waals surface area (Å²) in [5.74, 6) is -1.13. The molecule has 0 saturated carbocycles. The maximum atomic E-state index is 10.0. The van der Waals surface area contributed by atoms with Gasteiger partial charge in [-0.2, -0.15) is 0 Å². The maximum Gasteiger partial charge on any atom is 1.00 e. The zero-order valence-corrected chi connectivity index (χ0v) is 14.2. The smallest absolute Gasteiger partial charge is 0.548 e. The van der Waals surface area contributed by atoms with Gasteiger partial charge in [-0.25, -0.2) is 0 Å². The Morgan fingerprint density at radius 1 is 0.889 bits per heavy atom. The molecular weight excluding hydrogens is 239 g/mol. The molecule has 3 nitrogen and oxygen atoms in total. The third kappa shape index (κ3) is 18.8. The molecule has 0 rings (SSSR count). The zero-order valence-electron chi connectivity index (χ0n) is 12.2. The number of carboxylic acids is 1. The molecule has 0 unspecified atom stereocenters. The van der Waals surface area contributed by atoms with Crippen molar-refractivity contribution in [3.63, 3.8) is 0 Å². The zero-order chi connectivity index (χ0) is 12.8. The second kappa shape index (κ2) is 17.4. The molecule has 0 saturated heterocycles. The summed E-state index contributed by atoms with van der Waals surface area (Å²) in [6.45, 7) is 2.52. The predicted molar refractivity (Wildman–Crippen MR) is 67.7 cm³/mol. The predicted octanol–water partition coefficient (Wildman–Crippen LogP) is -0.322. The molecule has 102 valence electrons. The van der Waals surface area contributed by atoms with Gasteiger partial charge >= 0.3 is 29.6 Å². The molecule has 0 N–H and O–H groups in total. The van der Waals surface area contributed by atoms with Crippen LogP contribution in [0.4, 0.5) is 0 Å². The van der Waals surface area contributed by atoms with Gasteiger partial charge in [0.05, 0.1) is 12.6 Å². The average Bonchev–Trinajstić information content (AvgIpc) is 2.30. The molecule has 0 fully saturated rings. The van der Waals surface area contributed by atoms with Gasteiger partial charge in [0, 0.05) is 6.61 Å². The van der Waals surface area contributed by atoms with Crippen molar-refractivity contribution in [2.45, 2.75) is 71.1 Å². The van der Waals surface area contributed by atoms with E-state index in [2.05, 4.69) is 6.92 Å². The van der Waals surface area contributed by atoms with Gasteiger partial charge in [-0.05, 0) is 6.42 Å². The van der Waals surface area contributed by atoms with E-state index in [1.54, 1.807) is 0 Å². The van der Waals surface area contributed by atoms with Gasteiger partial charge < -0.3 is 14.6 Å². The van der Waals surface area contributed by atoms with Crippen LogP contribution in [-0.2, 0) is 9.53 Å². The molecule has 0 radical (unpaired) electrons. The van der Waals surface area contributed by atoms with Gasteiger partial charge in [-0.15, -0.1) is 0 Å². The molecule has 0 aliphatic heterocycles. The van der Waals surface area contributed by atoms with Crippen LogP contribution in [0.3, 0.4) is 0 Å². The van der Waals surface area contributed by atoms with E-state index in [0.717, 1.165) is 12.8 Å². The fourth-order valence-corrected chi connectivity index (χ4v) is 1.85. The quantitative estimate of drug-likeness (QED) is 0.339. The second-order valence-electron chi connectivity index (χ2n) is 4.61. The van der Waals surface area contributed by atoms with Crippen LogP contribution in [0.5, 0.6) is 0 Å². The van der Waals surface area contributed by atoms with Crippen LogP contribution in [0.1, 0.15) is 71.1 Å². The molecular formula is C14H27NaO3. The standard InChI is InChI=1S/C14H28O3.Na/c1-2-3-4-5-6-7-8-9-10-11-12-17-13-14(15)16;/h2-13H2,1H3,(H,15,16);/q;+1/p-1. The summed E-state index contributed by atoms with van der Waals surface area (Å²) in [6.07, 6.45) is 12.8. The van der Waals surface area contributed by atoms with Gasteiger partial charge in [-0.1, -0.05) is 64.7 Å². The molecule has 0 bridgehead atoms. The molecule has 18 heavy (non-hydrogen) atoms. The molecule has 0 aliphatic carbocycles. The summed E-state index contributed by atoms with van der Waals surface area (Å²) in [6, 6.07) is 0. The van der Waals surface area contributed by atoms with E-state index >= 15 is 0 Å². The fraction of sp³-hybridized carbons (Fsp3) is 0.929. The Kier molecular flexibility index (Phi) is 20.1. The van der Waals surface area contributed by atoms with Crippen molar-refractivity contribution in [1.82, 2.24) is 0 Å². The summed E-state index contributed by atoms with van der Waals surface area (Å²) in [5, 5.41) is 10.0. The topological polar surface area (TPSA) is 49.4 Å². The van der Waals surface area contributed by atoms with Gasteiger partial charge in [0.15, 0.2) is 0 Å². The minimum absolute atomic E-state index is 0. The Labute approximate surface area is 134 Å². The first-order valence-electron chi connectivity index (χ1n) is 7.05. The van der Waals surface area contributed by atoms with Gasteiger partial charge in [0.1, 0.15) is 0 Å². The van der Waals surface area contributed by atoms with Crippen LogP contribution in [-0.4, -0.2) is 19.2 Å². The summed E-state index contributed by atoms with van der Waals surface area (Å²) >= 11 is 0. The van der Waals surface area contributed by atoms with E-state index in [9.17, 15) is 9.90 Å². The van der Waals surface area contributed by atoms with Crippen molar-refractivity contribution in [2.24, 2.45) is 0 Å². The Morgan fingerprint density at radius 3 is 1.78 bits per heavy atom. The third-order valence-electron chi connectivity index (χ3n) is 2.86. The van der Waals surface area contributed by atoms with Crippen molar-refractivity contribution in [1.29, 1.82) is 0 Å². The van der Waals surface area contributed by atoms with Crippen molar-refractivity contribution in [2.75, 3.05) is 13.2 Å². The van der Waals surface area contributed by atoms with Crippen molar-refractivity contribution in [3.8, 4) is 0 Å². The first-order chi connectivity index (χ1) is 8.27. The molecule has 0 aromatic carbocycles. The monoisotopic (exact) mass is 266 g/mol. The van der Waals surface area contributed by atoms with E-state index in [1.807, 2.05) is 0 Å². The van der Waals surface area contributed by atoms with Gasteiger partial charge in [-0.3, -0.25) is 0 Å². The van der Waals surface area contributed by atoms with E-state index in [0.29, 0.717) is 6.61 Å². The van der Waals surface area contributed by atoms with Crippen molar-refractivity contribution >= 4 is 5.97 Å². The van der Waals surface area contributed by atoms with Crippen LogP contribution >= 0.6 is 0 Å². The number of carbonyl (C=O) groups is 1. The van der Waals surface area contributed by atoms with Gasteiger partial charge in [0.2, 0.25) is 0 Å². The molecule has 0 aromatic heterocycles. The van der Waals surface area contributed by atoms with Gasteiger partial charge in [0.25, 0.3) is 0 Å². The molecule has 0 atom stereocenters. The summed E-state index contributed by atoms with van der Waals surface area (Å²) < 4.78 is 4.91. The number of carboxylic acid groups (broad SMARTS) is 1.